The smallest absolute Gasteiger partial charge is 0.251 e. The predicted molar refractivity (Wildman–Crippen MR) is 61.9 cm³/mol. The Morgan fingerprint density at radius 2 is 2.12 bits per heavy atom. The fourth-order valence-corrected chi connectivity index (χ4v) is 2.38. The summed E-state index contributed by atoms with van der Waals surface area (Å²) >= 11 is 0. The molecule has 1 aliphatic heterocycles. The molecule has 1 saturated heterocycles. The quantitative estimate of drug-likeness (QED) is 0.769. The van der Waals surface area contributed by atoms with Gasteiger partial charge in [0.05, 0.1) is 6.10 Å². The number of carbonyl (C=O) groups is 1. The van der Waals surface area contributed by atoms with Crippen molar-refractivity contribution in [2.24, 2.45) is 11.7 Å². The van der Waals surface area contributed by atoms with Gasteiger partial charge in [0.25, 0.3) is 5.91 Å². The van der Waals surface area contributed by atoms with Crippen LogP contribution in [-0.4, -0.2) is 42.6 Å². The average Bonchev–Trinajstić information content (AvgIpc) is 3.04. The summed E-state index contributed by atoms with van der Waals surface area (Å²) in [7, 11) is 1.89. The van der Waals surface area contributed by atoms with Crippen LogP contribution in [0.3, 0.4) is 0 Å². The van der Waals surface area contributed by atoms with Crippen molar-refractivity contribution in [2.45, 2.75) is 50.9 Å². The van der Waals surface area contributed by atoms with Crippen LogP contribution in [0.25, 0.3) is 0 Å². The first-order chi connectivity index (χ1) is 7.63. The van der Waals surface area contributed by atoms with E-state index in [4.69, 9.17) is 10.5 Å². The summed E-state index contributed by atoms with van der Waals surface area (Å²) < 4.78 is 5.63. The van der Waals surface area contributed by atoms with E-state index in [2.05, 4.69) is 6.92 Å². The Morgan fingerprint density at radius 1 is 1.44 bits per heavy atom. The number of likely N-dealkylation sites (N-methyl/N-ethyl adjacent to an activating group) is 1. The minimum absolute atomic E-state index is 0.0820. The van der Waals surface area contributed by atoms with E-state index in [1.807, 2.05) is 11.9 Å². The summed E-state index contributed by atoms with van der Waals surface area (Å²) in [5.41, 5.74) is 5.54. The molecule has 1 heterocycles. The lowest BCUT2D eigenvalue weighted by Gasteiger charge is -2.27. The summed E-state index contributed by atoms with van der Waals surface area (Å²) in [5.74, 6) is 0.844. The molecule has 0 bridgehead atoms. The zero-order valence-corrected chi connectivity index (χ0v) is 10.2. The lowest BCUT2D eigenvalue weighted by molar-refractivity contribution is -0.143. The summed E-state index contributed by atoms with van der Waals surface area (Å²) in [6.45, 7) is 2.65. The van der Waals surface area contributed by atoms with Crippen molar-refractivity contribution in [3.8, 4) is 0 Å². The lowest BCUT2D eigenvalue weighted by Crippen LogP contribution is -2.43. The van der Waals surface area contributed by atoms with Gasteiger partial charge in [-0.05, 0) is 38.5 Å². The molecule has 16 heavy (non-hydrogen) atoms. The number of rotatable bonds is 4. The average molecular weight is 226 g/mol. The van der Waals surface area contributed by atoms with Crippen molar-refractivity contribution in [2.75, 3.05) is 13.6 Å². The fraction of sp³-hybridized carbons (Fsp3) is 0.917. The Balaban J connectivity index is 1.86. The van der Waals surface area contributed by atoms with Crippen molar-refractivity contribution in [1.82, 2.24) is 4.90 Å². The van der Waals surface area contributed by atoms with E-state index >= 15 is 0 Å². The number of ether oxygens (including phenoxy) is 1. The van der Waals surface area contributed by atoms with Gasteiger partial charge in [0, 0.05) is 19.6 Å². The van der Waals surface area contributed by atoms with E-state index in [-0.39, 0.29) is 18.1 Å². The molecule has 4 heteroatoms. The van der Waals surface area contributed by atoms with Crippen molar-refractivity contribution in [3.63, 3.8) is 0 Å². The highest BCUT2D eigenvalue weighted by molar-refractivity contribution is 5.81. The third kappa shape index (κ3) is 2.38. The summed E-state index contributed by atoms with van der Waals surface area (Å²) in [6, 6.07) is 0.355. The molecular formula is C12H22N2O2. The zero-order valence-electron chi connectivity index (χ0n) is 10.2. The van der Waals surface area contributed by atoms with Gasteiger partial charge in [-0.25, -0.2) is 0 Å². The molecule has 1 aliphatic carbocycles. The van der Waals surface area contributed by atoms with Crippen molar-refractivity contribution in [3.05, 3.63) is 0 Å². The van der Waals surface area contributed by atoms with Crippen LogP contribution in [0.5, 0.6) is 0 Å². The lowest BCUT2D eigenvalue weighted by atomic mass is 10.1. The van der Waals surface area contributed by atoms with Gasteiger partial charge in [-0.3, -0.25) is 4.79 Å². The van der Waals surface area contributed by atoms with E-state index in [0.29, 0.717) is 18.5 Å². The van der Waals surface area contributed by atoms with Crippen molar-refractivity contribution >= 4 is 5.91 Å². The van der Waals surface area contributed by atoms with Gasteiger partial charge in [0.1, 0.15) is 6.10 Å². The second kappa shape index (κ2) is 4.72. The molecule has 0 aromatic heterocycles. The van der Waals surface area contributed by atoms with Crippen LogP contribution in [0.1, 0.15) is 32.6 Å². The molecule has 2 aliphatic rings. The molecule has 1 amide bonds. The topological polar surface area (TPSA) is 55.6 Å². The largest absolute Gasteiger partial charge is 0.364 e. The van der Waals surface area contributed by atoms with Gasteiger partial charge >= 0.3 is 0 Å². The van der Waals surface area contributed by atoms with E-state index < -0.39 is 0 Å². The van der Waals surface area contributed by atoms with E-state index in [0.717, 1.165) is 12.8 Å². The Bertz CT molecular complexity index is 266. The second-order valence-electron chi connectivity index (χ2n) is 5.09. The van der Waals surface area contributed by atoms with Gasteiger partial charge < -0.3 is 15.4 Å². The fourth-order valence-electron chi connectivity index (χ4n) is 2.38. The standard InChI is InChI=1S/C12H22N2O2/c1-8(9-3-4-9)14(2)12(15)11-6-5-10(7-13)16-11/h8-11H,3-7,13H2,1-2H3. The minimum Gasteiger partial charge on any atom is -0.364 e. The maximum absolute atomic E-state index is 12.1. The van der Waals surface area contributed by atoms with Gasteiger partial charge in [0.2, 0.25) is 0 Å². The number of hydrogen-bond acceptors (Lipinski definition) is 3. The molecule has 0 spiro atoms. The van der Waals surface area contributed by atoms with E-state index in [9.17, 15) is 4.79 Å². The second-order valence-corrected chi connectivity index (χ2v) is 5.09. The van der Waals surface area contributed by atoms with Crippen LogP contribution >= 0.6 is 0 Å². The number of carbonyl (C=O) groups excluding carboxylic acids is 1. The highest BCUT2D eigenvalue weighted by atomic mass is 16.5. The van der Waals surface area contributed by atoms with Crippen LogP contribution in [0.15, 0.2) is 0 Å². The maximum atomic E-state index is 12.1. The van der Waals surface area contributed by atoms with Crippen LogP contribution in [-0.2, 0) is 9.53 Å². The summed E-state index contributed by atoms with van der Waals surface area (Å²) in [5, 5.41) is 0. The van der Waals surface area contributed by atoms with Gasteiger partial charge in [-0.15, -0.1) is 0 Å². The predicted octanol–water partition coefficient (Wildman–Crippen LogP) is 0.750. The molecule has 0 aromatic carbocycles. The molecule has 92 valence electrons. The number of amides is 1. The first-order valence-corrected chi connectivity index (χ1v) is 6.25. The van der Waals surface area contributed by atoms with Crippen molar-refractivity contribution in [1.29, 1.82) is 0 Å². The molecular weight excluding hydrogens is 204 g/mol. The first kappa shape index (κ1) is 11.9. The van der Waals surface area contributed by atoms with Crippen LogP contribution in [0, 0.1) is 5.92 Å². The molecule has 3 atom stereocenters. The van der Waals surface area contributed by atoms with E-state index in [1.54, 1.807) is 0 Å². The van der Waals surface area contributed by atoms with Crippen LogP contribution in [0.2, 0.25) is 0 Å². The first-order valence-electron chi connectivity index (χ1n) is 6.25. The number of nitrogens with two attached hydrogens (primary N) is 1. The maximum Gasteiger partial charge on any atom is 0.251 e. The molecule has 2 rings (SSSR count). The number of nitrogens with zero attached hydrogens (tertiary/aromatic N) is 1. The normalized spacial score (nSPS) is 31.4. The monoisotopic (exact) mass is 226 g/mol. The molecule has 0 aromatic rings. The van der Waals surface area contributed by atoms with Gasteiger partial charge in [-0.2, -0.15) is 0 Å². The molecule has 1 saturated carbocycles. The summed E-state index contributed by atoms with van der Waals surface area (Å²) in [4.78, 5) is 14.0. The summed E-state index contributed by atoms with van der Waals surface area (Å²) in [6.07, 6.45) is 4.09. The Morgan fingerprint density at radius 3 is 2.62 bits per heavy atom. The van der Waals surface area contributed by atoms with Gasteiger partial charge in [0.15, 0.2) is 0 Å². The molecule has 2 fully saturated rings. The molecule has 4 nitrogen and oxygen atoms in total. The molecule has 2 N–H and O–H groups in total. The number of hydrogen-bond donors (Lipinski definition) is 1. The van der Waals surface area contributed by atoms with Crippen LogP contribution < -0.4 is 5.73 Å². The highest BCUT2D eigenvalue weighted by Crippen LogP contribution is 2.35. The molecule has 3 unspecified atom stereocenters. The van der Waals surface area contributed by atoms with Crippen LogP contribution in [0.4, 0.5) is 0 Å². The Kier molecular flexibility index (Phi) is 3.50. The zero-order chi connectivity index (χ0) is 11.7. The Hall–Kier alpha value is -0.610. The molecule has 0 radical (unpaired) electrons. The minimum atomic E-state index is -0.250. The van der Waals surface area contributed by atoms with Gasteiger partial charge in [-0.1, -0.05) is 0 Å². The van der Waals surface area contributed by atoms with E-state index in [1.165, 1.54) is 12.8 Å². The third-order valence-electron chi connectivity index (χ3n) is 3.91. The SMILES string of the molecule is CC(C1CC1)N(C)C(=O)C1CCC(CN)O1. The van der Waals surface area contributed by atoms with Crippen molar-refractivity contribution < 1.29 is 9.53 Å². The Labute approximate surface area is 97.1 Å². The highest BCUT2D eigenvalue weighted by Gasteiger charge is 2.37. The third-order valence-corrected chi connectivity index (χ3v) is 3.91.